The number of hydrogen-bond donors (Lipinski definition) is 2. The van der Waals surface area contributed by atoms with Gasteiger partial charge in [0.05, 0.1) is 5.56 Å². The third-order valence-electron chi connectivity index (χ3n) is 6.84. The summed E-state index contributed by atoms with van der Waals surface area (Å²) in [6.45, 7) is 8.53. The standard InChI is InChI=1S/C26H32Cl2N6O3S/c1-16-12-21(27)30-24(28)23(16)25(35)29-8-4-17(2)33-9-5-20(6-10-33)34(14-19-7-11-38-15-19)26(36)31-22-13-18(3)37-32-22/h7,11-13,15,17,20H,4-6,8-10,14H2,1-3H3,(H,29,35)(H,31,32,36). The SMILES string of the molecule is Cc1cc(NC(=O)N(Cc2ccsc2)C2CCN(C(C)CCNC(=O)c3c(C)cc(Cl)nc3Cl)CC2)no1. The van der Waals surface area contributed by atoms with Crippen molar-refractivity contribution in [2.24, 2.45) is 0 Å². The number of piperidine rings is 1. The minimum Gasteiger partial charge on any atom is -0.360 e. The maximum Gasteiger partial charge on any atom is 0.323 e. The normalized spacial score (nSPS) is 15.3. The molecule has 38 heavy (non-hydrogen) atoms. The van der Waals surface area contributed by atoms with Crippen molar-refractivity contribution in [1.29, 1.82) is 0 Å². The monoisotopic (exact) mass is 578 g/mol. The lowest BCUT2D eigenvalue weighted by molar-refractivity contribution is 0.0919. The number of rotatable bonds is 9. The van der Waals surface area contributed by atoms with E-state index in [0.717, 1.165) is 37.9 Å². The van der Waals surface area contributed by atoms with Crippen molar-refractivity contribution < 1.29 is 14.1 Å². The molecule has 0 aromatic carbocycles. The number of carbonyl (C=O) groups excluding carboxylic acids is 2. The molecule has 2 N–H and O–H groups in total. The fourth-order valence-electron chi connectivity index (χ4n) is 4.72. The van der Waals surface area contributed by atoms with E-state index in [4.69, 9.17) is 27.7 Å². The molecule has 1 atom stereocenters. The molecule has 0 bridgehead atoms. The number of pyridine rings is 1. The predicted octanol–water partition coefficient (Wildman–Crippen LogP) is 5.76. The summed E-state index contributed by atoms with van der Waals surface area (Å²) in [7, 11) is 0. The van der Waals surface area contributed by atoms with E-state index in [0.29, 0.717) is 35.8 Å². The van der Waals surface area contributed by atoms with Gasteiger partial charge in [-0.1, -0.05) is 28.4 Å². The number of thiophene rings is 1. The maximum absolute atomic E-state index is 13.2. The number of amides is 3. The van der Waals surface area contributed by atoms with E-state index < -0.39 is 0 Å². The van der Waals surface area contributed by atoms with Crippen LogP contribution in [0.25, 0.3) is 0 Å². The molecule has 1 aliphatic heterocycles. The number of nitrogens with zero attached hydrogens (tertiary/aromatic N) is 4. The summed E-state index contributed by atoms with van der Waals surface area (Å²) in [6, 6.07) is 5.59. The zero-order valence-electron chi connectivity index (χ0n) is 21.7. The summed E-state index contributed by atoms with van der Waals surface area (Å²) < 4.78 is 5.10. The van der Waals surface area contributed by atoms with E-state index in [1.807, 2.05) is 16.3 Å². The average molecular weight is 580 g/mol. The topological polar surface area (TPSA) is 104 Å². The second-order valence-electron chi connectivity index (χ2n) is 9.60. The number of hydrogen-bond acceptors (Lipinski definition) is 7. The first-order valence-corrected chi connectivity index (χ1v) is 14.3. The van der Waals surface area contributed by atoms with Gasteiger partial charge in [-0.05, 0) is 74.1 Å². The fourth-order valence-corrected chi connectivity index (χ4v) is 6.00. The van der Waals surface area contributed by atoms with Gasteiger partial charge in [0.1, 0.15) is 16.1 Å². The van der Waals surface area contributed by atoms with E-state index in [-0.39, 0.29) is 34.3 Å². The maximum atomic E-state index is 13.2. The first kappa shape index (κ1) is 28.4. The van der Waals surface area contributed by atoms with E-state index in [1.165, 1.54) is 0 Å². The van der Waals surface area contributed by atoms with E-state index in [1.54, 1.807) is 37.3 Å². The van der Waals surface area contributed by atoms with Gasteiger partial charge < -0.3 is 19.6 Å². The molecule has 204 valence electrons. The van der Waals surface area contributed by atoms with Crippen LogP contribution in [0.15, 0.2) is 33.5 Å². The number of likely N-dealkylation sites (tertiary alicyclic amines) is 1. The van der Waals surface area contributed by atoms with Crippen LogP contribution in [-0.4, -0.2) is 63.6 Å². The zero-order valence-corrected chi connectivity index (χ0v) is 24.0. The van der Waals surface area contributed by atoms with Gasteiger partial charge in [0.15, 0.2) is 5.82 Å². The van der Waals surface area contributed by atoms with Crippen LogP contribution in [0, 0.1) is 13.8 Å². The van der Waals surface area contributed by atoms with Crippen LogP contribution in [0.4, 0.5) is 10.6 Å². The average Bonchev–Trinajstić information content (AvgIpc) is 3.53. The van der Waals surface area contributed by atoms with Gasteiger partial charge in [-0.25, -0.2) is 9.78 Å². The first-order valence-electron chi connectivity index (χ1n) is 12.6. The molecule has 1 aliphatic rings. The first-order chi connectivity index (χ1) is 18.2. The highest BCUT2D eigenvalue weighted by Gasteiger charge is 2.30. The highest BCUT2D eigenvalue weighted by atomic mass is 35.5. The quantitative estimate of drug-likeness (QED) is 0.313. The molecule has 1 fully saturated rings. The highest BCUT2D eigenvalue weighted by molar-refractivity contribution is 7.07. The number of halogens is 2. The Balaban J connectivity index is 1.29. The second kappa shape index (κ2) is 12.9. The molecule has 0 aliphatic carbocycles. The lowest BCUT2D eigenvalue weighted by atomic mass is 10.0. The van der Waals surface area contributed by atoms with E-state index in [9.17, 15) is 9.59 Å². The van der Waals surface area contributed by atoms with Crippen molar-refractivity contribution in [3.63, 3.8) is 0 Å². The van der Waals surface area contributed by atoms with Gasteiger partial charge in [0.2, 0.25) is 0 Å². The Kier molecular flexibility index (Phi) is 9.64. The zero-order chi connectivity index (χ0) is 27.2. The van der Waals surface area contributed by atoms with Crippen molar-refractivity contribution in [1.82, 2.24) is 25.3 Å². The number of anilines is 1. The predicted molar refractivity (Wildman–Crippen MR) is 150 cm³/mol. The van der Waals surface area contributed by atoms with Crippen molar-refractivity contribution in [2.75, 3.05) is 25.0 Å². The van der Waals surface area contributed by atoms with Crippen LogP contribution >= 0.6 is 34.5 Å². The summed E-state index contributed by atoms with van der Waals surface area (Å²) in [5.74, 6) is 0.813. The molecule has 0 spiro atoms. The smallest absolute Gasteiger partial charge is 0.323 e. The lowest BCUT2D eigenvalue weighted by Crippen LogP contribution is -2.50. The van der Waals surface area contributed by atoms with E-state index >= 15 is 0 Å². The minimum atomic E-state index is -0.250. The molecule has 1 saturated heterocycles. The Labute approximate surface area is 236 Å². The molecule has 4 rings (SSSR count). The van der Waals surface area contributed by atoms with Crippen molar-refractivity contribution >= 4 is 52.3 Å². The Morgan fingerprint density at radius 3 is 2.66 bits per heavy atom. The number of carbonyl (C=O) groups is 2. The van der Waals surface area contributed by atoms with Gasteiger partial charge >= 0.3 is 6.03 Å². The van der Waals surface area contributed by atoms with Crippen LogP contribution in [0.5, 0.6) is 0 Å². The Morgan fingerprint density at radius 1 is 1.26 bits per heavy atom. The van der Waals surface area contributed by atoms with Gasteiger partial charge in [0, 0.05) is 44.3 Å². The molecule has 4 heterocycles. The van der Waals surface area contributed by atoms with Crippen molar-refractivity contribution in [3.05, 3.63) is 61.7 Å². The van der Waals surface area contributed by atoms with Crippen molar-refractivity contribution in [3.8, 4) is 0 Å². The van der Waals surface area contributed by atoms with E-state index in [2.05, 4.69) is 38.0 Å². The second-order valence-corrected chi connectivity index (χ2v) is 11.1. The molecule has 9 nitrogen and oxygen atoms in total. The van der Waals surface area contributed by atoms with Crippen LogP contribution in [0.3, 0.4) is 0 Å². The number of urea groups is 1. The van der Waals surface area contributed by atoms with Gasteiger partial charge in [-0.15, -0.1) is 0 Å². The molecular formula is C26H32Cl2N6O3S. The number of nitrogens with one attached hydrogen (secondary N) is 2. The highest BCUT2D eigenvalue weighted by Crippen LogP contribution is 2.24. The minimum absolute atomic E-state index is 0.105. The van der Waals surface area contributed by atoms with Gasteiger partial charge in [0.25, 0.3) is 5.91 Å². The van der Waals surface area contributed by atoms with Crippen LogP contribution < -0.4 is 10.6 Å². The Morgan fingerprint density at radius 2 is 2.03 bits per heavy atom. The van der Waals surface area contributed by atoms with Crippen LogP contribution in [-0.2, 0) is 6.54 Å². The summed E-state index contributed by atoms with van der Waals surface area (Å²) in [6.07, 6.45) is 2.51. The molecule has 0 saturated carbocycles. The summed E-state index contributed by atoms with van der Waals surface area (Å²) >= 11 is 13.7. The third kappa shape index (κ3) is 7.25. The fraction of sp³-hybridized carbons (Fsp3) is 0.462. The molecule has 12 heteroatoms. The van der Waals surface area contributed by atoms with Crippen molar-refractivity contribution in [2.45, 2.75) is 58.7 Å². The molecule has 3 amide bonds. The lowest BCUT2D eigenvalue weighted by Gasteiger charge is -2.40. The van der Waals surface area contributed by atoms with Gasteiger partial charge in [-0.3, -0.25) is 10.1 Å². The molecule has 1 unspecified atom stereocenters. The van der Waals surface area contributed by atoms with Crippen LogP contribution in [0.2, 0.25) is 10.3 Å². The number of aromatic nitrogens is 2. The summed E-state index contributed by atoms with van der Waals surface area (Å²) in [5.41, 5.74) is 2.16. The van der Waals surface area contributed by atoms with Gasteiger partial charge in [-0.2, -0.15) is 11.3 Å². The molecular weight excluding hydrogens is 547 g/mol. The third-order valence-corrected chi connectivity index (χ3v) is 8.04. The Bertz CT molecular complexity index is 1220. The van der Waals surface area contributed by atoms with Crippen LogP contribution in [0.1, 0.15) is 53.4 Å². The molecule has 0 radical (unpaired) electrons. The molecule has 3 aromatic heterocycles. The summed E-state index contributed by atoms with van der Waals surface area (Å²) in [4.78, 5) is 34.2. The molecule has 3 aromatic rings. The Hall–Kier alpha value is -2.66. The largest absolute Gasteiger partial charge is 0.360 e. The number of aryl methyl sites for hydroxylation is 2. The summed E-state index contributed by atoms with van der Waals surface area (Å²) in [5, 5.41) is 14.2.